The highest BCUT2D eigenvalue weighted by Crippen LogP contribution is 2.47. The summed E-state index contributed by atoms with van der Waals surface area (Å²) in [6.45, 7) is 10.9. The van der Waals surface area contributed by atoms with Crippen molar-refractivity contribution in [3.63, 3.8) is 0 Å². The van der Waals surface area contributed by atoms with E-state index in [0.29, 0.717) is 5.41 Å². The predicted molar refractivity (Wildman–Crippen MR) is 106 cm³/mol. The minimum atomic E-state index is 0.609. The van der Waals surface area contributed by atoms with E-state index in [-0.39, 0.29) is 0 Å². The van der Waals surface area contributed by atoms with Gasteiger partial charge in [0.2, 0.25) is 0 Å². The van der Waals surface area contributed by atoms with E-state index in [1.54, 1.807) is 0 Å². The van der Waals surface area contributed by atoms with E-state index in [1.165, 1.54) is 43.4 Å². The monoisotopic (exact) mass is 342 g/mol. The van der Waals surface area contributed by atoms with Gasteiger partial charge in [-0.2, -0.15) is 0 Å². The van der Waals surface area contributed by atoms with Crippen LogP contribution in [0.15, 0.2) is 29.3 Å². The van der Waals surface area contributed by atoms with E-state index < -0.39 is 0 Å². The summed E-state index contributed by atoms with van der Waals surface area (Å²) < 4.78 is 0. The zero-order chi connectivity index (χ0) is 17.7. The lowest BCUT2D eigenvalue weighted by molar-refractivity contribution is 0.151. The molecule has 4 nitrogen and oxygen atoms in total. The lowest BCUT2D eigenvalue weighted by atomic mass is 9.68. The molecule has 0 amide bonds. The maximum atomic E-state index is 4.55. The van der Waals surface area contributed by atoms with Crippen molar-refractivity contribution >= 4 is 5.96 Å². The van der Waals surface area contributed by atoms with Gasteiger partial charge in [0.05, 0.1) is 0 Å². The highest BCUT2D eigenvalue weighted by Gasteiger charge is 2.43. The summed E-state index contributed by atoms with van der Waals surface area (Å²) in [5.41, 5.74) is 3.41. The Kier molecular flexibility index (Phi) is 6.00. The highest BCUT2D eigenvalue weighted by atomic mass is 15.3. The number of rotatable bonds is 6. The fraction of sp³-hybridized carbons (Fsp3) is 0.667. The molecule has 1 spiro atoms. The maximum Gasteiger partial charge on any atom is 0.193 e. The molecule has 25 heavy (non-hydrogen) atoms. The first-order valence-corrected chi connectivity index (χ1v) is 9.94. The Morgan fingerprint density at radius 1 is 1.16 bits per heavy atom. The van der Waals surface area contributed by atoms with Crippen LogP contribution in [0.1, 0.15) is 50.7 Å². The van der Waals surface area contributed by atoms with Crippen LogP contribution in [0.4, 0.5) is 0 Å². The van der Waals surface area contributed by atoms with Gasteiger partial charge in [0, 0.05) is 33.2 Å². The second-order valence-corrected chi connectivity index (χ2v) is 7.66. The number of benzene rings is 1. The Morgan fingerprint density at radius 3 is 2.44 bits per heavy atom. The molecule has 0 atom stereocenters. The van der Waals surface area contributed by atoms with E-state index in [9.17, 15) is 0 Å². The molecule has 1 aromatic carbocycles. The molecule has 1 aromatic rings. The van der Waals surface area contributed by atoms with Crippen LogP contribution in [0.2, 0.25) is 0 Å². The summed E-state index contributed by atoms with van der Waals surface area (Å²) in [6.07, 6.45) is 5.57. The van der Waals surface area contributed by atoms with Crippen molar-refractivity contribution in [1.29, 1.82) is 0 Å². The van der Waals surface area contributed by atoms with Crippen LogP contribution in [0.3, 0.4) is 0 Å². The lowest BCUT2D eigenvalue weighted by Crippen LogP contribution is -2.42. The maximum absolute atomic E-state index is 4.55. The molecule has 2 aliphatic rings. The van der Waals surface area contributed by atoms with Crippen LogP contribution >= 0.6 is 0 Å². The van der Waals surface area contributed by atoms with Crippen LogP contribution in [0, 0.1) is 5.41 Å². The van der Waals surface area contributed by atoms with Gasteiger partial charge in [0.1, 0.15) is 0 Å². The highest BCUT2D eigenvalue weighted by molar-refractivity contribution is 5.80. The van der Waals surface area contributed by atoms with Gasteiger partial charge in [-0.15, -0.1) is 0 Å². The third kappa shape index (κ3) is 4.17. The average Bonchev–Trinajstić information content (AvgIpc) is 3.07. The van der Waals surface area contributed by atoms with E-state index in [0.717, 1.165) is 38.7 Å². The van der Waals surface area contributed by atoms with Crippen LogP contribution in [0.5, 0.6) is 0 Å². The zero-order valence-electron chi connectivity index (χ0n) is 16.2. The smallest absolute Gasteiger partial charge is 0.193 e. The van der Waals surface area contributed by atoms with E-state index in [2.05, 4.69) is 58.2 Å². The number of hydrogen-bond acceptors (Lipinski definition) is 2. The number of nitrogens with zero attached hydrogens (tertiary/aromatic N) is 3. The molecule has 1 aliphatic heterocycles. The first-order chi connectivity index (χ1) is 12.2. The van der Waals surface area contributed by atoms with Gasteiger partial charge >= 0.3 is 0 Å². The molecule has 1 saturated heterocycles. The van der Waals surface area contributed by atoms with E-state index in [4.69, 9.17) is 0 Å². The second-order valence-electron chi connectivity index (χ2n) is 7.66. The van der Waals surface area contributed by atoms with Gasteiger partial charge in [-0.25, -0.2) is 0 Å². The largest absolute Gasteiger partial charge is 0.352 e. The van der Waals surface area contributed by atoms with Gasteiger partial charge < -0.3 is 10.2 Å². The number of hydrogen-bond donors (Lipinski definition) is 1. The summed E-state index contributed by atoms with van der Waals surface area (Å²) in [4.78, 5) is 9.48. The quantitative estimate of drug-likeness (QED) is 0.634. The van der Waals surface area contributed by atoms with Crippen molar-refractivity contribution in [1.82, 2.24) is 15.1 Å². The Hall–Kier alpha value is -1.55. The topological polar surface area (TPSA) is 30.9 Å². The molecule has 2 fully saturated rings. The zero-order valence-corrected chi connectivity index (χ0v) is 16.2. The summed E-state index contributed by atoms with van der Waals surface area (Å²) in [7, 11) is 1.91. The number of guanidine groups is 1. The van der Waals surface area contributed by atoms with Crippen LogP contribution < -0.4 is 5.32 Å². The predicted octanol–water partition coefficient (Wildman–Crippen LogP) is 3.48. The van der Waals surface area contributed by atoms with E-state index >= 15 is 0 Å². The minimum Gasteiger partial charge on any atom is -0.352 e. The van der Waals surface area contributed by atoms with Crippen LogP contribution in [-0.2, 0) is 13.1 Å². The number of nitrogens with one attached hydrogen (secondary N) is 1. The Balaban J connectivity index is 1.60. The Bertz CT molecular complexity index is 587. The fourth-order valence-electron chi connectivity index (χ4n) is 4.28. The first kappa shape index (κ1) is 18.2. The molecule has 1 saturated carbocycles. The SMILES string of the molecule is CCN(CC)Cc1ccccc1CNC(=NC)N1CCC2(CCC2)C1. The third-order valence-corrected chi connectivity index (χ3v) is 6.21. The molecule has 0 bridgehead atoms. The molecule has 0 unspecified atom stereocenters. The Labute approximate surface area is 153 Å². The van der Waals surface area contributed by atoms with Gasteiger partial charge in [-0.1, -0.05) is 44.5 Å². The first-order valence-electron chi connectivity index (χ1n) is 9.94. The molecular formula is C21H34N4. The molecule has 3 rings (SSSR count). The van der Waals surface area contributed by atoms with Crippen molar-refractivity contribution < 1.29 is 0 Å². The van der Waals surface area contributed by atoms with Gasteiger partial charge in [0.15, 0.2) is 5.96 Å². The summed E-state index contributed by atoms with van der Waals surface area (Å²) in [5, 5.41) is 3.62. The van der Waals surface area contributed by atoms with Gasteiger partial charge in [0.25, 0.3) is 0 Å². The molecule has 0 radical (unpaired) electrons. The van der Waals surface area contributed by atoms with Crippen molar-refractivity contribution in [2.75, 3.05) is 33.2 Å². The minimum absolute atomic E-state index is 0.609. The number of aliphatic imine (C=N–C) groups is 1. The van der Waals surface area contributed by atoms with Gasteiger partial charge in [-0.05, 0) is 48.9 Å². The van der Waals surface area contributed by atoms with Crippen LogP contribution in [-0.4, -0.2) is 49.0 Å². The molecule has 1 heterocycles. The third-order valence-electron chi connectivity index (χ3n) is 6.21. The Morgan fingerprint density at radius 2 is 1.88 bits per heavy atom. The average molecular weight is 343 g/mol. The van der Waals surface area contributed by atoms with Crippen LogP contribution in [0.25, 0.3) is 0 Å². The van der Waals surface area contributed by atoms with Crippen molar-refractivity contribution in [2.45, 2.75) is 52.6 Å². The number of likely N-dealkylation sites (tertiary alicyclic amines) is 1. The second kappa shape index (κ2) is 8.22. The summed E-state index contributed by atoms with van der Waals surface area (Å²) in [6, 6.07) is 8.80. The van der Waals surface area contributed by atoms with Crippen molar-refractivity contribution in [3.8, 4) is 0 Å². The van der Waals surface area contributed by atoms with Crippen molar-refractivity contribution in [3.05, 3.63) is 35.4 Å². The van der Waals surface area contributed by atoms with Crippen molar-refractivity contribution in [2.24, 2.45) is 10.4 Å². The summed E-state index contributed by atoms with van der Waals surface area (Å²) in [5.74, 6) is 1.07. The molecule has 1 aliphatic carbocycles. The molecule has 1 N–H and O–H groups in total. The molecule has 4 heteroatoms. The fourth-order valence-corrected chi connectivity index (χ4v) is 4.28. The molecule has 0 aromatic heterocycles. The molecule has 138 valence electrons. The van der Waals surface area contributed by atoms with E-state index in [1.807, 2.05) is 7.05 Å². The normalized spacial score (nSPS) is 19.5. The summed E-state index contributed by atoms with van der Waals surface area (Å²) >= 11 is 0. The standard InChI is InChI=1S/C21H34N4/c1-4-24(5-2)16-19-10-7-6-9-18(19)15-23-20(22-3)25-14-13-21(17-25)11-8-12-21/h6-7,9-10H,4-5,8,11-17H2,1-3H3,(H,22,23). The van der Waals surface area contributed by atoms with Gasteiger partial charge in [-0.3, -0.25) is 9.89 Å². The molecular weight excluding hydrogens is 308 g/mol. The lowest BCUT2D eigenvalue weighted by Gasteiger charge is -2.38.